The lowest BCUT2D eigenvalue weighted by molar-refractivity contribution is -0.704. The predicted molar refractivity (Wildman–Crippen MR) is 176 cm³/mol. The Kier molecular flexibility index (Phi) is 7.49. The average Bonchev–Trinajstić information content (AvgIpc) is 3.56. The minimum atomic E-state index is 0.0455. The second-order valence-electron chi connectivity index (χ2n) is 10.9. The first-order valence-corrected chi connectivity index (χ1v) is 14.8. The van der Waals surface area contributed by atoms with Crippen molar-refractivity contribution in [3.05, 3.63) is 211 Å². The molecule has 0 bridgehead atoms. The molecule has 0 aliphatic carbocycles. The predicted octanol–water partition coefficient (Wildman–Crippen LogP) is 9.38. The van der Waals surface area contributed by atoms with E-state index >= 15 is 0 Å². The summed E-state index contributed by atoms with van der Waals surface area (Å²) in [5.41, 5.74) is 9.90. The van der Waals surface area contributed by atoms with E-state index in [1.165, 1.54) is 44.5 Å². The molecule has 0 N–H and O–H groups in total. The minimum Gasteiger partial charge on any atom is -0.226 e. The molecule has 0 aliphatic rings. The van der Waals surface area contributed by atoms with E-state index < -0.39 is 0 Å². The molecule has 1 heterocycles. The van der Waals surface area contributed by atoms with Crippen LogP contribution in [0.5, 0.6) is 0 Å². The molecule has 7 aromatic rings. The van der Waals surface area contributed by atoms with E-state index in [0.29, 0.717) is 0 Å². The van der Waals surface area contributed by atoms with Gasteiger partial charge in [-0.3, -0.25) is 0 Å². The fourth-order valence-corrected chi connectivity index (χ4v) is 6.01. The van der Waals surface area contributed by atoms with Crippen molar-refractivity contribution in [1.82, 2.24) is 4.57 Å². The number of benzene rings is 6. The Bertz CT molecular complexity index is 1730. The van der Waals surface area contributed by atoms with Gasteiger partial charge in [0.25, 0.3) is 0 Å². The topological polar surface area (TPSA) is 8.81 Å². The standard InChI is InChI=1S/C41H33N2/c1-5-13-32(14-6-1)34-21-25-38(26-22-34)40(36-17-9-3-10-18-36)42-29-30-43(31-42)41(37-19-11-4-12-20-37)39-27-23-35(24-28-39)33-15-7-2-8-16-33/h1-31,40-41H/q+1. The summed E-state index contributed by atoms with van der Waals surface area (Å²) in [6.07, 6.45) is 6.67. The van der Waals surface area contributed by atoms with Gasteiger partial charge in [0.15, 0.2) is 12.1 Å². The van der Waals surface area contributed by atoms with Gasteiger partial charge in [-0.2, -0.15) is 0 Å². The van der Waals surface area contributed by atoms with Crippen molar-refractivity contribution in [2.75, 3.05) is 0 Å². The third kappa shape index (κ3) is 5.68. The molecule has 0 saturated carbocycles. The third-order valence-corrected chi connectivity index (χ3v) is 8.17. The quantitative estimate of drug-likeness (QED) is 0.166. The van der Waals surface area contributed by atoms with E-state index in [1.807, 2.05) is 0 Å². The summed E-state index contributed by atoms with van der Waals surface area (Å²) in [5.74, 6) is 0. The number of rotatable bonds is 8. The summed E-state index contributed by atoms with van der Waals surface area (Å²) in [7, 11) is 0. The minimum absolute atomic E-state index is 0.0455. The zero-order valence-electron chi connectivity index (χ0n) is 23.9. The normalized spacial score (nSPS) is 12.5. The highest BCUT2D eigenvalue weighted by Gasteiger charge is 2.26. The van der Waals surface area contributed by atoms with Gasteiger partial charge in [0.1, 0.15) is 12.4 Å². The van der Waals surface area contributed by atoms with E-state index in [9.17, 15) is 0 Å². The number of hydrogen-bond acceptors (Lipinski definition) is 0. The maximum Gasteiger partial charge on any atom is 0.245 e. The molecule has 0 spiro atoms. The maximum absolute atomic E-state index is 2.33. The molecule has 43 heavy (non-hydrogen) atoms. The Balaban J connectivity index is 1.27. The van der Waals surface area contributed by atoms with Crippen LogP contribution in [0.3, 0.4) is 0 Å². The van der Waals surface area contributed by atoms with Crippen molar-refractivity contribution < 1.29 is 4.57 Å². The van der Waals surface area contributed by atoms with Crippen LogP contribution in [0.15, 0.2) is 189 Å². The van der Waals surface area contributed by atoms with Gasteiger partial charge in [0, 0.05) is 22.3 Å². The highest BCUT2D eigenvalue weighted by molar-refractivity contribution is 5.64. The molecular formula is C41H33N2+. The van der Waals surface area contributed by atoms with E-state index in [0.717, 1.165) is 0 Å². The Morgan fingerprint density at radius 1 is 0.372 bits per heavy atom. The van der Waals surface area contributed by atoms with Crippen LogP contribution in [0.4, 0.5) is 0 Å². The lowest BCUT2D eigenvalue weighted by atomic mass is 9.96. The Morgan fingerprint density at radius 3 is 1.26 bits per heavy atom. The van der Waals surface area contributed by atoms with E-state index in [4.69, 9.17) is 0 Å². The van der Waals surface area contributed by atoms with Crippen molar-refractivity contribution >= 4 is 0 Å². The van der Waals surface area contributed by atoms with Gasteiger partial charge in [-0.25, -0.2) is 9.13 Å². The van der Waals surface area contributed by atoms with Gasteiger partial charge in [0.05, 0.1) is 0 Å². The van der Waals surface area contributed by atoms with Crippen molar-refractivity contribution in [2.24, 2.45) is 0 Å². The summed E-state index contributed by atoms with van der Waals surface area (Å²) >= 11 is 0. The van der Waals surface area contributed by atoms with Crippen molar-refractivity contribution in [3.8, 4) is 22.3 Å². The van der Waals surface area contributed by atoms with Crippen LogP contribution in [0.1, 0.15) is 34.3 Å². The number of nitrogens with zero attached hydrogens (tertiary/aromatic N) is 2. The molecule has 1 aromatic heterocycles. The lowest BCUT2D eigenvalue weighted by Crippen LogP contribution is -2.39. The van der Waals surface area contributed by atoms with E-state index in [2.05, 4.69) is 198 Å². The summed E-state index contributed by atoms with van der Waals surface area (Å²) < 4.78 is 4.67. The van der Waals surface area contributed by atoms with Crippen molar-refractivity contribution in [1.29, 1.82) is 0 Å². The molecule has 206 valence electrons. The van der Waals surface area contributed by atoms with Gasteiger partial charge in [-0.05, 0) is 22.3 Å². The Labute approximate surface area is 253 Å². The summed E-state index contributed by atoms with van der Waals surface area (Å²) in [6, 6.07) is 60.8. The molecule has 0 fully saturated rings. The van der Waals surface area contributed by atoms with E-state index in [-0.39, 0.29) is 12.1 Å². The van der Waals surface area contributed by atoms with Crippen LogP contribution in [-0.2, 0) is 0 Å². The summed E-state index contributed by atoms with van der Waals surface area (Å²) in [5, 5.41) is 0. The smallest absolute Gasteiger partial charge is 0.226 e. The second kappa shape index (κ2) is 12.2. The highest BCUT2D eigenvalue weighted by Crippen LogP contribution is 2.30. The molecule has 0 saturated heterocycles. The highest BCUT2D eigenvalue weighted by atomic mass is 15.1. The van der Waals surface area contributed by atoms with Gasteiger partial charge in [0.2, 0.25) is 6.33 Å². The zero-order chi connectivity index (χ0) is 28.8. The van der Waals surface area contributed by atoms with Gasteiger partial charge >= 0.3 is 0 Å². The average molecular weight is 554 g/mol. The molecule has 7 rings (SSSR count). The first-order chi connectivity index (χ1) is 21.3. The number of aromatic nitrogens is 2. The van der Waals surface area contributed by atoms with Crippen LogP contribution in [-0.4, -0.2) is 4.57 Å². The summed E-state index contributed by atoms with van der Waals surface area (Å²) in [6.45, 7) is 0. The molecule has 0 amide bonds. The third-order valence-electron chi connectivity index (χ3n) is 8.17. The molecule has 2 atom stereocenters. The molecule has 2 unspecified atom stereocenters. The first kappa shape index (κ1) is 26.4. The fraction of sp³-hybridized carbons (Fsp3) is 0.0488. The number of imidazole rings is 1. The molecule has 0 aliphatic heterocycles. The Morgan fingerprint density at radius 2 is 0.744 bits per heavy atom. The zero-order valence-corrected chi connectivity index (χ0v) is 23.9. The number of hydrogen-bond donors (Lipinski definition) is 0. The maximum atomic E-state index is 2.33. The monoisotopic (exact) mass is 553 g/mol. The van der Waals surface area contributed by atoms with Crippen molar-refractivity contribution in [3.63, 3.8) is 0 Å². The van der Waals surface area contributed by atoms with E-state index in [1.54, 1.807) is 0 Å². The largest absolute Gasteiger partial charge is 0.245 e. The summed E-state index contributed by atoms with van der Waals surface area (Å²) in [4.78, 5) is 0. The van der Waals surface area contributed by atoms with Crippen LogP contribution in [0.25, 0.3) is 22.3 Å². The molecular weight excluding hydrogens is 520 g/mol. The Hall–Kier alpha value is -5.47. The van der Waals surface area contributed by atoms with Crippen molar-refractivity contribution in [2.45, 2.75) is 12.1 Å². The fourth-order valence-electron chi connectivity index (χ4n) is 6.01. The van der Waals surface area contributed by atoms with Gasteiger partial charge in [-0.1, -0.05) is 170 Å². The molecule has 0 radical (unpaired) electrons. The molecule has 2 nitrogen and oxygen atoms in total. The van der Waals surface area contributed by atoms with Crippen LogP contribution >= 0.6 is 0 Å². The second-order valence-corrected chi connectivity index (χ2v) is 10.9. The van der Waals surface area contributed by atoms with Crippen LogP contribution < -0.4 is 4.57 Å². The molecule has 6 aromatic carbocycles. The SMILES string of the molecule is c1ccc(-c2ccc(C(c3ccccc3)n3cc[n+](C(c4ccccc4)c4ccc(-c5ccccc5)cc4)c3)cc2)cc1. The first-order valence-electron chi connectivity index (χ1n) is 14.8. The lowest BCUT2D eigenvalue weighted by Gasteiger charge is -2.17. The molecule has 2 heteroatoms. The van der Waals surface area contributed by atoms with Gasteiger partial charge < -0.3 is 0 Å². The van der Waals surface area contributed by atoms with Gasteiger partial charge in [-0.15, -0.1) is 0 Å². The van der Waals surface area contributed by atoms with Crippen LogP contribution in [0, 0.1) is 0 Å². The van der Waals surface area contributed by atoms with Crippen LogP contribution in [0.2, 0.25) is 0 Å².